The summed E-state index contributed by atoms with van der Waals surface area (Å²) in [6.07, 6.45) is 2.08. The molecule has 22 heavy (non-hydrogen) atoms. The molecule has 120 valence electrons. The zero-order valence-corrected chi connectivity index (χ0v) is 13.1. The molecular weight excluding hydrogens is 306 g/mol. The Balaban J connectivity index is 2.23. The Morgan fingerprint density at radius 1 is 1.45 bits per heavy atom. The number of carbonyl (C=O) groups excluding carboxylic acids is 1. The average molecular weight is 325 g/mol. The molecule has 0 radical (unpaired) electrons. The molecule has 2 rings (SSSR count). The summed E-state index contributed by atoms with van der Waals surface area (Å²) in [5.41, 5.74) is 0.747. The van der Waals surface area contributed by atoms with Gasteiger partial charge in [0.2, 0.25) is 6.41 Å². The van der Waals surface area contributed by atoms with Gasteiger partial charge in [-0.25, -0.2) is 4.79 Å². The van der Waals surface area contributed by atoms with Crippen molar-refractivity contribution in [2.75, 3.05) is 20.1 Å². The molecule has 1 aromatic carbocycles. The highest BCUT2D eigenvalue weighted by Crippen LogP contribution is 2.32. The predicted molar refractivity (Wildman–Crippen MR) is 82.3 cm³/mol. The first-order valence-electron chi connectivity index (χ1n) is 6.92. The van der Waals surface area contributed by atoms with Crippen LogP contribution in [0.5, 0.6) is 0 Å². The summed E-state index contributed by atoms with van der Waals surface area (Å²) in [6.45, 7) is 1.09. The summed E-state index contributed by atoms with van der Waals surface area (Å²) in [7, 11) is 1.82. The first-order chi connectivity index (χ1) is 10.5. The fourth-order valence-corrected chi connectivity index (χ4v) is 3.65. The molecule has 0 saturated carbocycles. The Labute approximate surface area is 132 Å². The van der Waals surface area contributed by atoms with E-state index in [1.54, 1.807) is 28.6 Å². The van der Waals surface area contributed by atoms with Gasteiger partial charge in [0.05, 0.1) is 17.6 Å². The van der Waals surface area contributed by atoms with Crippen LogP contribution in [-0.4, -0.2) is 46.5 Å². The molecule has 0 aliphatic carbocycles. The second kappa shape index (κ2) is 7.10. The highest BCUT2D eigenvalue weighted by Gasteiger charge is 2.40. The molecule has 8 heteroatoms. The molecule has 1 aromatic rings. The average Bonchev–Trinajstić information content (AvgIpc) is 2.55. The third-order valence-corrected chi connectivity index (χ3v) is 5.08. The highest BCUT2D eigenvalue weighted by molar-refractivity contribution is 7.87. The van der Waals surface area contributed by atoms with Crippen molar-refractivity contribution in [2.45, 2.75) is 18.4 Å². The number of carboxylic acids is 1. The number of nitrogens with one attached hydrogen (secondary N) is 2. The van der Waals surface area contributed by atoms with Gasteiger partial charge in [-0.3, -0.25) is 4.79 Å². The standard InChI is InChI=1S/C14H19N3O4S/c1-15-14(12-5-3-11(4-6-12)13(19)20)7-2-8-17(9-14)22(21)16-10-18/h3-6,10,15H,2,7-9H2,1H3,(H,16,18)(H,19,20). The minimum Gasteiger partial charge on any atom is -0.573 e. The summed E-state index contributed by atoms with van der Waals surface area (Å²) in [4.78, 5) is 21.4. The fourth-order valence-electron chi connectivity index (χ4n) is 2.79. The molecule has 3 N–H and O–H groups in total. The number of nitrogens with zero attached hydrogens (tertiary/aromatic N) is 1. The lowest BCUT2D eigenvalue weighted by atomic mass is 9.83. The summed E-state index contributed by atoms with van der Waals surface area (Å²) >= 11 is -1.56. The third kappa shape index (κ3) is 3.41. The number of rotatable bonds is 6. The van der Waals surface area contributed by atoms with Crippen LogP contribution in [0.15, 0.2) is 24.3 Å². The number of likely N-dealkylation sites (N-methyl/N-ethyl adjacent to an activating group) is 1. The van der Waals surface area contributed by atoms with Crippen LogP contribution in [-0.2, 0) is 21.9 Å². The monoisotopic (exact) mass is 325 g/mol. The van der Waals surface area contributed by atoms with Gasteiger partial charge in [-0.05, 0) is 37.6 Å². The maximum atomic E-state index is 12.0. The number of carboxylic acid groups (broad SMARTS) is 1. The Morgan fingerprint density at radius 2 is 2.14 bits per heavy atom. The Morgan fingerprint density at radius 3 is 2.68 bits per heavy atom. The van der Waals surface area contributed by atoms with Crippen molar-refractivity contribution in [3.63, 3.8) is 0 Å². The summed E-state index contributed by atoms with van der Waals surface area (Å²) in [5.74, 6) is -0.966. The van der Waals surface area contributed by atoms with Gasteiger partial charge in [0.25, 0.3) is 0 Å². The largest absolute Gasteiger partial charge is 0.573 e. The molecule has 1 aliphatic heterocycles. The molecule has 1 saturated heterocycles. The molecule has 2 unspecified atom stereocenters. The van der Waals surface area contributed by atoms with E-state index >= 15 is 0 Å². The Kier molecular flexibility index (Phi) is 5.41. The van der Waals surface area contributed by atoms with Crippen LogP contribution in [0.2, 0.25) is 0 Å². The van der Waals surface area contributed by atoms with Gasteiger partial charge in [0.1, 0.15) is 0 Å². The molecule has 0 spiro atoms. The molecule has 1 heterocycles. The highest BCUT2D eigenvalue weighted by atomic mass is 32.2. The molecule has 1 fully saturated rings. The summed E-state index contributed by atoms with van der Waals surface area (Å²) in [5, 5.41) is 12.2. The van der Waals surface area contributed by atoms with Crippen LogP contribution in [0.25, 0.3) is 0 Å². The molecule has 1 aliphatic rings. The Hall–Kier alpha value is -1.61. The number of benzene rings is 1. The SMILES string of the molecule is CNC1(c2ccc(C(=O)O)cc2)CCCN([S+]([O-])NC=O)C1. The van der Waals surface area contributed by atoms with E-state index in [1.165, 1.54) is 0 Å². The van der Waals surface area contributed by atoms with Crippen molar-refractivity contribution >= 4 is 23.9 Å². The van der Waals surface area contributed by atoms with Gasteiger partial charge >= 0.3 is 5.97 Å². The molecule has 7 nitrogen and oxygen atoms in total. The molecule has 2 atom stereocenters. The number of carbonyl (C=O) groups is 2. The van der Waals surface area contributed by atoms with Gasteiger partial charge in [0.15, 0.2) is 11.5 Å². The van der Waals surface area contributed by atoms with E-state index < -0.39 is 23.1 Å². The normalized spacial score (nSPS) is 23.7. The van der Waals surface area contributed by atoms with E-state index in [4.69, 9.17) is 5.11 Å². The predicted octanol–water partition coefficient (Wildman–Crippen LogP) is 0.220. The smallest absolute Gasteiger partial charge is 0.335 e. The van der Waals surface area contributed by atoms with Crippen LogP contribution < -0.4 is 10.0 Å². The summed E-state index contributed by atoms with van der Waals surface area (Å²) < 4.78 is 15.9. The lowest BCUT2D eigenvalue weighted by Crippen LogP contribution is -2.56. The molecule has 0 aromatic heterocycles. The van der Waals surface area contributed by atoms with Gasteiger partial charge in [-0.1, -0.05) is 12.1 Å². The maximum Gasteiger partial charge on any atom is 0.335 e. The molecule has 0 bridgehead atoms. The number of hydrogen-bond donors (Lipinski definition) is 3. The topological polar surface area (TPSA) is 105 Å². The van der Waals surface area contributed by atoms with Crippen molar-refractivity contribution in [3.05, 3.63) is 35.4 Å². The minimum atomic E-state index is -1.56. The van der Waals surface area contributed by atoms with Gasteiger partial charge < -0.3 is 15.0 Å². The van der Waals surface area contributed by atoms with E-state index in [1.807, 2.05) is 7.05 Å². The lowest BCUT2D eigenvalue weighted by molar-refractivity contribution is -0.108. The van der Waals surface area contributed by atoms with Crippen LogP contribution in [0.1, 0.15) is 28.8 Å². The second-order valence-electron chi connectivity index (χ2n) is 5.17. The number of hydrogen-bond acceptors (Lipinski definition) is 5. The van der Waals surface area contributed by atoms with Gasteiger partial charge in [-0.15, -0.1) is 4.31 Å². The van der Waals surface area contributed by atoms with E-state index in [0.717, 1.165) is 18.4 Å². The van der Waals surface area contributed by atoms with Crippen LogP contribution in [0.4, 0.5) is 0 Å². The molecule has 1 amide bonds. The van der Waals surface area contributed by atoms with Gasteiger partial charge in [-0.2, -0.15) is 4.72 Å². The number of amides is 1. The number of aromatic carboxylic acids is 1. The first-order valence-corrected chi connectivity index (χ1v) is 8.02. The lowest BCUT2D eigenvalue weighted by Gasteiger charge is -2.41. The van der Waals surface area contributed by atoms with E-state index in [2.05, 4.69) is 10.0 Å². The summed E-state index contributed by atoms with van der Waals surface area (Å²) in [6, 6.07) is 6.69. The third-order valence-electron chi connectivity index (χ3n) is 4.00. The second-order valence-corrected chi connectivity index (χ2v) is 6.42. The van der Waals surface area contributed by atoms with Crippen molar-refractivity contribution < 1.29 is 19.2 Å². The number of piperidine rings is 1. The fraction of sp³-hybridized carbons (Fsp3) is 0.429. The van der Waals surface area contributed by atoms with Crippen molar-refractivity contribution in [2.24, 2.45) is 0 Å². The van der Waals surface area contributed by atoms with E-state index in [0.29, 0.717) is 19.5 Å². The van der Waals surface area contributed by atoms with E-state index in [9.17, 15) is 14.1 Å². The molecular formula is C14H19N3O4S. The zero-order valence-electron chi connectivity index (χ0n) is 12.2. The van der Waals surface area contributed by atoms with Crippen molar-refractivity contribution in [3.8, 4) is 0 Å². The van der Waals surface area contributed by atoms with Crippen molar-refractivity contribution in [1.29, 1.82) is 0 Å². The Bertz CT molecular complexity index is 539. The van der Waals surface area contributed by atoms with Crippen LogP contribution >= 0.6 is 0 Å². The van der Waals surface area contributed by atoms with Crippen LogP contribution in [0.3, 0.4) is 0 Å². The van der Waals surface area contributed by atoms with Crippen molar-refractivity contribution in [1.82, 2.24) is 14.3 Å². The van der Waals surface area contributed by atoms with Crippen LogP contribution in [0, 0.1) is 0 Å². The maximum absolute atomic E-state index is 12.0. The quantitative estimate of drug-likeness (QED) is 0.510. The van der Waals surface area contributed by atoms with Gasteiger partial charge in [0, 0.05) is 6.54 Å². The first kappa shape index (κ1) is 16.8. The zero-order chi connectivity index (χ0) is 16.2. The minimum absolute atomic E-state index is 0.230. The van der Waals surface area contributed by atoms with E-state index in [-0.39, 0.29) is 5.56 Å².